The lowest BCUT2D eigenvalue weighted by molar-refractivity contribution is -0.137. The third kappa shape index (κ3) is 6.00. The zero-order valence-electron chi connectivity index (χ0n) is 15.0. The molecule has 5 heteroatoms. The van der Waals surface area contributed by atoms with Crippen molar-refractivity contribution in [2.75, 3.05) is 0 Å². The van der Waals surface area contributed by atoms with Crippen molar-refractivity contribution in [1.82, 2.24) is 0 Å². The van der Waals surface area contributed by atoms with Gasteiger partial charge in [0, 0.05) is 17.3 Å². The fourth-order valence-corrected chi connectivity index (χ4v) is 3.58. The molecule has 0 saturated carbocycles. The van der Waals surface area contributed by atoms with E-state index in [1.54, 1.807) is 0 Å². The van der Waals surface area contributed by atoms with Gasteiger partial charge in [0.1, 0.15) is 0 Å². The molecule has 0 saturated heterocycles. The van der Waals surface area contributed by atoms with E-state index in [2.05, 4.69) is 6.07 Å². The van der Waals surface area contributed by atoms with Crippen molar-refractivity contribution < 1.29 is 9.90 Å². The predicted molar refractivity (Wildman–Crippen MR) is 102 cm³/mol. The Morgan fingerprint density at radius 2 is 1.88 bits per heavy atom. The number of nitrogens with zero attached hydrogens (tertiary/aromatic N) is 1. The molecule has 2 rings (SSSR count). The Balaban J connectivity index is 0.000000293. The van der Waals surface area contributed by atoms with Gasteiger partial charge < -0.3 is 10.8 Å². The van der Waals surface area contributed by atoms with E-state index in [1.807, 2.05) is 68.6 Å². The summed E-state index contributed by atoms with van der Waals surface area (Å²) >= 11 is 1.52. The second-order valence-corrected chi connectivity index (χ2v) is 7.26. The van der Waals surface area contributed by atoms with Crippen molar-refractivity contribution in [3.05, 3.63) is 58.3 Å². The first-order chi connectivity index (χ1) is 11.8. The molecule has 134 valence electrons. The Morgan fingerprint density at radius 3 is 2.24 bits per heavy atom. The van der Waals surface area contributed by atoms with Crippen LogP contribution >= 0.6 is 11.3 Å². The Bertz CT molecular complexity index is 675. The largest absolute Gasteiger partial charge is 0.481 e. The van der Waals surface area contributed by atoms with Crippen LogP contribution in [0.25, 0.3) is 0 Å². The third-order valence-corrected chi connectivity index (χ3v) is 5.25. The van der Waals surface area contributed by atoms with E-state index < -0.39 is 11.4 Å². The number of carbonyl (C=O) groups is 1. The molecule has 3 N–H and O–H groups in total. The van der Waals surface area contributed by atoms with Crippen LogP contribution in [-0.4, -0.2) is 11.1 Å². The van der Waals surface area contributed by atoms with Gasteiger partial charge in [0.25, 0.3) is 0 Å². The van der Waals surface area contributed by atoms with Gasteiger partial charge in [0.05, 0.1) is 11.5 Å². The standard InChI is InChI=1S/C12H15NO2S.C8H11N/c1-9(2)12(8-13,6-5-11(14)15)10-4-3-7-16-10;1-7(9)8-5-3-2-4-6-8/h3-4,7,9H,5-6H2,1-2H3,(H,14,15);2-7H,9H2,1H3/t;7-/m.1/s1. The SMILES string of the molecule is CC(C)C(C#N)(CCC(=O)O)c1cccs1.C[C@@H](N)c1ccccc1. The monoisotopic (exact) mass is 358 g/mol. The van der Waals surface area contributed by atoms with E-state index in [9.17, 15) is 10.1 Å². The van der Waals surface area contributed by atoms with Crippen LogP contribution in [0.4, 0.5) is 0 Å². The van der Waals surface area contributed by atoms with Crippen molar-refractivity contribution in [2.24, 2.45) is 11.7 Å². The van der Waals surface area contributed by atoms with Crippen LogP contribution in [0.3, 0.4) is 0 Å². The molecule has 0 radical (unpaired) electrons. The Hall–Kier alpha value is -2.16. The smallest absolute Gasteiger partial charge is 0.303 e. The number of benzene rings is 1. The minimum atomic E-state index is -0.850. The zero-order chi connectivity index (χ0) is 18.9. The molecule has 0 fully saturated rings. The lowest BCUT2D eigenvalue weighted by Crippen LogP contribution is -2.30. The second-order valence-electron chi connectivity index (χ2n) is 6.31. The Labute approximate surface area is 153 Å². The lowest BCUT2D eigenvalue weighted by Gasteiger charge is -2.29. The number of nitrogens with two attached hydrogens (primary N) is 1. The number of thiophene rings is 1. The first kappa shape index (κ1) is 20.9. The maximum atomic E-state index is 10.6. The van der Waals surface area contributed by atoms with Gasteiger partial charge in [-0.25, -0.2) is 0 Å². The van der Waals surface area contributed by atoms with Gasteiger partial charge in [-0.3, -0.25) is 4.79 Å². The maximum absolute atomic E-state index is 10.6. The van der Waals surface area contributed by atoms with Crippen LogP contribution in [-0.2, 0) is 10.2 Å². The van der Waals surface area contributed by atoms with E-state index in [0.29, 0.717) is 6.42 Å². The topological polar surface area (TPSA) is 87.1 Å². The van der Waals surface area contributed by atoms with E-state index in [1.165, 1.54) is 16.9 Å². The molecule has 0 aliphatic carbocycles. The summed E-state index contributed by atoms with van der Waals surface area (Å²) in [5, 5.41) is 20.1. The number of carboxylic acids is 1. The van der Waals surface area contributed by atoms with Gasteiger partial charge in [-0.15, -0.1) is 11.3 Å². The number of aliphatic carboxylic acids is 1. The molecule has 25 heavy (non-hydrogen) atoms. The van der Waals surface area contributed by atoms with Crippen molar-refractivity contribution in [3.63, 3.8) is 0 Å². The number of carboxylic acid groups (broad SMARTS) is 1. The summed E-state index contributed by atoms with van der Waals surface area (Å²) in [5.74, 6) is -0.743. The summed E-state index contributed by atoms with van der Waals surface area (Å²) < 4.78 is 0. The van der Waals surface area contributed by atoms with E-state index in [0.717, 1.165) is 4.88 Å². The summed E-state index contributed by atoms with van der Waals surface area (Å²) in [6.45, 7) is 5.91. The van der Waals surface area contributed by atoms with Crippen molar-refractivity contribution >= 4 is 17.3 Å². The van der Waals surface area contributed by atoms with Gasteiger partial charge in [-0.1, -0.05) is 50.2 Å². The molecule has 0 aliphatic rings. The third-order valence-electron chi connectivity index (χ3n) is 4.20. The lowest BCUT2D eigenvalue weighted by atomic mass is 9.74. The van der Waals surface area contributed by atoms with Crippen LogP contribution in [0.15, 0.2) is 47.8 Å². The summed E-state index contributed by atoms with van der Waals surface area (Å²) in [6, 6.07) is 16.3. The van der Waals surface area contributed by atoms with Crippen LogP contribution in [0, 0.1) is 17.2 Å². The van der Waals surface area contributed by atoms with Gasteiger partial charge in [-0.05, 0) is 36.3 Å². The highest BCUT2D eigenvalue weighted by Crippen LogP contribution is 2.38. The van der Waals surface area contributed by atoms with Crippen molar-refractivity contribution in [1.29, 1.82) is 5.26 Å². The molecule has 0 amide bonds. The highest BCUT2D eigenvalue weighted by atomic mass is 32.1. The zero-order valence-corrected chi connectivity index (χ0v) is 15.8. The summed E-state index contributed by atoms with van der Waals surface area (Å²) in [7, 11) is 0. The summed E-state index contributed by atoms with van der Waals surface area (Å²) in [4.78, 5) is 11.6. The van der Waals surface area contributed by atoms with Gasteiger partial charge >= 0.3 is 5.97 Å². The molecule has 1 aromatic carbocycles. The second kappa shape index (κ2) is 9.97. The van der Waals surface area contributed by atoms with Crippen molar-refractivity contribution in [3.8, 4) is 6.07 Å². The normalized spacial score (nSPS) is 13.9. The number of hydrogen-bond donors (Lipinski definition) is 2. The number of hydrogen-bond acceptors (Lipinski definition) is 4. The molecule has 2 atom stereocenters. The Morgan fingerprint density at radius 1 is 1.24 bits per heavy atom. The highest BCUT2D eigenvalue weighted by molar-refractivity contribution is 7.10. The average Bonchev–Trinajstić information content (AvgIpc) is 3.12. The minimum absolute atomic E-state index is 0.0314. The van der Waals surface area contributed by atoms with Crippen LogP contribution in [0.1, 0.15) is 50.1 Å². The highest BCUT2D eigenvalue weighted by Gasteiger charge is 2.37. The fourth-order valence-electron chi connectivity index (χ4n) is 2.53. The van der Waals surface area contributed by atoms with Gasteiger partial charge in [0.2, 0.25) is 0 Å². The van der Waals surface area contributed by atoms with E-state index in [4.69, 9.17) is 10.8 Å². The first-order valence-corrected chi connectivity index (χ1v) is 9.19. The van der Waals surface area contributed by atoms with Gasteiger partial charge in [-0.2, -0.15) is 5.26 Å². The molecular weight excluding hydrogens is 332 g/mol. The molecule has 1 aromatic heterocycles. The number of nitriles is 1. The minimum Gasteiger partial charge on any atom is -0.481 e. The van der Waals surface area contributed by atoms with E-state index >= 15 is 0 Å². The van der Waals surface area contributed by atoms with Crippen LogP contribution < -0.4 is 5.73 Å². The molecule has 0 aliphatic heterocycles. The predicted octanol–water partition coefficient (Wildman–Crippen LogP) is 4.74. The molecule has 0 bridgehead atoms. The summed E-state index contributed by atoms with van der Waals surface area (Å²) in [6.07, 6.45) is 0.403. The van der Waals surface area contributed by atoms with Gasteiger partial charge in [0.15, 0.2) is 0 Å². The molecule has 2 aromatic rings. The maximum Gasteiger partial charge on any atom is 0.303 e. The molecule has 1 unspecified atom stereocenters. The van der Waals surface area contributed by atoms with E-state index in [-0.39, 0.29) is 18.4 Å². The van der Waals surface area contributed by atoms with Crippen LogP contribution in [0.2, 0.25) is 0 Å². The fraction of sp³-hybridized carbons (Fsp3) is 0.400. The molecular formula is C20H26N2O2S. The summed E-state index contributed by atoms with van der Waals surface area (Å²) in [5.41, 5.74) is 6.15. The molecule has 1 heterocycles. The Kier molecular flexibility index (Phi) is 8.33. The average molecular weight is 359 g/mol. The van der Waals surface area contributed by atoms with Crippen molar-refractivity contribution in [2.45, 2.75) is 45.1 Å². The first-order valence-electron chi connectivity index (χ1n) is 8.31. The molecule has 4 nitrogen and oxygen atoms in total. The number of rotatable bonds is 6. The van der Waals surface area contributed by atoms with Crippen LogP contribution in [0.5, 0.6) is 0 Å². The molecule has 0 spiro atoms. The quantitative estimate of drug-likeness (QED) is 0.781.